The molecule has 0 aromatic heterocycles. The highest BCUT2D eigenvalue weighted by atomic mass is 35.5. The van der Waals surface area contributed by atoms with Gasteiger partial charge in [0.1, 0.15) is 0 Å². The predicted octanol–water partition coefficient (Wildman–Crippen LogP) is 3.46. The number of rotatable bonds is 4. The summed E-state index contributed by atoms with van der Waals surface area (Å²) in [4.78, 5) is 25.2. The van der Waals surface area contributed by atoms with Crippen LogP contribution in [0.5, 0.6) is 0 Å². The van der Waals surface area contributed by atoms with Crippen LogP contribution in [0.2, 0.25) is 5.02 Å². The van der Waals surface area contributed by atoms with Crippen molar-refractivity contribution in [3.8, 4) is 0 Å². The van der Waals surface area contributed by atoms with Crippen LogP contribution in [-0.4, -0.2) is 17.1 Å². The molecule has 3 rings (SSSR count). The van der Waals surface area contributed by atoms with Crippen molar-refractivity contribution >= 4 is 40.9 Å². The molecular formula is C17H15ClN2O2S. The van der Waals surface area contributed by atoms with Crippen LogP contribution < -0.4 is 10.6 Å². The first-order valence-electron chi connectivity index (χ1n) is 7.19. The van der Waals surface area contributed by atoms with E-state index in [0.717, 1.165) is 16.1 Å². The molecule has 0 saturated heterocycles. The van der Waals surface area contributed by atoms with Crippen molar-refractivity contribution in [3.05, 3.63) is 59.1 Å². The maximum absolute atomic E-state index is 12.1. The molecular weight excluding hydrogens is 332 g/mol. The summed E-state index contributed by atoms with van der Waals surface area (Å²) in [6, 6.07) is 14.9. The van der Waals surface area contributed by atoms with Gasteiger partial charge < -0.3 is 10.6 Å². The van der Waals surface area contributed by atoms with Crippen molar-refractivity contribution in [2.75, 3.05) is 5.32 Å². The highest BCUT2D eigenvalue weighted by Crippen LogP contribution is 2.36. The third-order valence-electron chi connectivity index (χ3n) is 3.46. The van der Waals surface area contributed by atoms with Crippen LogP contribution in [0.4, 0.5) is 5.69 Å². The van der Waals surface area contributed by atoms with Gasteiger partial charge in [0.2, 0.25) is 11.8 Å². The summed E-state index contributed by atoms with van der Waals surface area (Å²) in [5.41, 5.74) is 1.73. The Bertz CT molecular complexity index is 751. The molecule has 0 radical (unpaired) electrons. The van der Waals surface area contributed by atoms with Gasteiger partial charge in [-0.05, 0) is 29.8 Å². The van der Waals surface area contributed by atoms with E-state index in [0.29, 0.717) is 11.6 Å². The first-order chi connectivity index (χ1) is 11.1. The van der Waals surface area contributed by atoms with E-state index in [1.807, 2.05) is 36.4 Å². The minimum Gasteiger partial charge on any atom is -0.352 e. The number of hydrogen-bond acceptors (Lipinski definition) is 3. The molecule has 118 valence electrons. The largest absolute Gasteiger partial charge is 0.352 e. The number of carbonyl (C=O) groups excluding carboxylic acids is 2. The second-order valence-corrected chi connectivity index (χ2v) is 6.88. The van der Waals surface area contributed by atoms with E-state index < -0.39 is 5.25 Å². The summed E-state index contributed by atoms with van der Waals surface area (Å²) in [5.74, 6) is -0.288. The van der Waals surface area contributed by atoms with E-state index in [9.17, 15) is 9.59 Å². The fraction of sp³-hybridized carbons (Fsp3) is 0.176. The van der Waals surface area contributed by atoms with Crippen LogP contribution in [0.1, 0.15) is 12.0 Å². The standard InChI is InChI=1S/C17H15ClN2O2S/c18-12-5-3-4-11(8-12)10-19-16(21)9-15-17(22)20-13-6-1-2-7-14(13)23-15/h1-8,15H,9-10H2,(H,19,21)(H,20,22)/t15-/m1/s1. The van der Waals surface area contributed by atoms with Gasteiger partial charge >= 0.3 is 0 Å². The van der Waals surface area contributed by atoms with Crippen LogP contribution in [0.15, 0.2) is 53.4 Å². The molecule has 0 fully saturated rings. The fourth-order valence-electron chi connectivity index (χ4n) is 2.32. The summed E-state index contributed by atoms with van der Waals surface area (Å²) in [6.07, 6.45) is 0.144. The summed E-state index contributed by atoms with van der Waals surface area (Å²) in [7, 11) is 0. The number of amides is 2. The van der Waals surface area contributed by atoms with Crippen LogP contribution in [0.25, 0.3) is 0 Å². The lowest BCUT2D eigenvalue weighted by Gasteiger charge is -2.23. The maximum Gasteiger partial charge on any atom is 0.238 e. The zero-order chi connectivity index (χ0) is 16.2. The molecule has 0 unspecified atom stereocenters. The molecule has 4 nitrogen and oxygen atoms in total. The van der Waals surface area contributed by atoms with Crippen LogP contribution in [-0.2, 0) is 16.1 Å². The van der Waals surface area contributed by atoms with Crippen molar-refractivity contribution in [1.82, 2.24) is 5.32 Å². The predicted molar refractivity (Wildman–Crippen MR) is 92.6 cm³/mol. The minimum atomic E-state index is -0.413. The number of benzene rings is 2. The lowest BCUT2D eigenvalue weighted by atomic mass is 10.2. The molecule has 1 atom stereocenters. The van der Waals surface area contributed by atoms with Gasteiger partial charge in [0.15, 0.2) is 0 Å². The Balaban J connectivity index is 1.57. The number of anilines is 1. The van der Waals surface area contributed by atoms with E-state index in [1.54, 1.807) is 12.1 Å². The monoisotopic (exact) mass is 346 g/mol. The van der Waals surface area contributed by atoms with Gasteiger partial charge in [-0.1, -0.05) is 35.9 Å². The van der Waals surface area contributed by atoms with Gasteiger partial charge in [-0.3, -0.25) is 9.59 Å². The summed E-state index contributed by atoms with van der Waals surface area (Å²) >= 11 is 7.34. The fourth-order valence-corrected chi connectivity index (χ4v) is 3.64. The first kappa shape index (κ1) is 15.9. The average Bonchev–Trinajstić information content (AvgIpc) is 2.54. The summed E-state index contributed by atoms with van der Waals surface area (Å²) < 4.78 is 0. The molecule has 2 aromatic carbocycles. The molecule has 1 heterocycles. The number of thioether (sulfide) groups is 1. The Morgan fingerprint density at radius 1 is 1.22 bits per heavy atom. The Hall–Kier alpha value is -1.98. The van der Waals surface area contributed by atoms with E-state index in [-0.39, 0.29) is 18.2 Å². The third kappa shape index (κ3) is 4.06. The van der Waals surface area contributed by atoms with Gasteiger partial charge in [-0.2, -0.15) is 0 Å². The Morgan fingerprint density at radius 3 is 2.87 bits per heavy atom. The molecule has 1 aliphatic rings. The smallest absolute Gasteiger partial charge is 0.238 e. The number of para-hydroxylation sites is 1. The lowest BCUT2D eigenvalue weighted by molar-refractivity contribution is -0.124. The van der Waals surface area contributed by atoms with E-state index in [2.05, 4.69) is 10.6 Å². The molecule has 23 heavy (non-hydrogen) atoms. The lowest BCUT2D eigenvalue weighted by Crippen LogP contribution is -2.34. The quantitative estimate of drug-likeness (QED) is 0.891. The van der Waals surface area contributed by atoms with Crippen LogP contribution in [0.3, 0.4) is 0 Å². The van der Waals surface area contributed by atoms with Crippen LogP contribution >= 0.6 is 23.4 Å². The zero-order valence-corrected chi connectivity index (χ0v) is 13.8. The number of halogens is 1. The van der Waals surface area contributed by atoms with Crippen LogP contribution in [0, 0.1) is 0 Å². The second-order valence-electron chi connectivity index (χ2n) is 5.20. The number of carbonyl (C=O) groups is 2. The minimum absolute atomic E-state index is 0.133. The second kappa shape index (κ2) is 7.06. The van der Waals surface area contributed by atoms with Gasteiger partial charge in [0.25, 0.3) is 0 Å². The van der Waals surface area contributed by atoms with Crippen molar-refractivity contribution < 1.29 is 9.59 Å². The number of nitrogens with one attached hydrogen (secondary N) is 2. The van der Waals surface area contributed by atoms with Gasteiger partial charge in [-0.15, -0.1) is 11.8 Å². The van der Waals surface area contributed by atoms with Gasteiger partial charge in [-0.25, -0.2) is 0 Å². The molecule has 0 bridgehead atoms. The van der Waals surface area contributed by atoms with E-state index in [1.165, 1.54) is 11.8 Å². The van der Waals surface area contributed by atoms with Gasteiger partial charge in [0.05, 0.1) is 10.9 Å². The van der Waals surface area contributed by atoms with E-state index in [4.69, 9.17) is 11.6 Å². The molecule has 0 aliphatic carbocycles. The molecule has 2 amide bonds. The summed E-state index contributed by atoms with van der Waals surface area (Å²) in [6.45, 7) is 0.398. The normalized spacial score (nSPS) is 16.4. The first-order valence-corrected chi connectivity index (χ1v) is 8.45. The third-order valence-corrected chi connectivity index (χ3v) is 4.97. The molecule has 1 aliphatic heterocycles. The van der Waals surface area contributed by atoms with Crippen molar-refractivity contribution in [2.45, 2.75) is 23.1 Å². The molecule has 0 spiro atoms. The highest BCUT2D eigenvalue weighted by molar-refractivity contribution is 8.01. The van der Waals surface area contributed by atoms with Gasteiger partial charge in [0, 0.05) is 22.9 Å². The highest BCUT2D eigenvalue weighted by Gasteiger charge is 2.28. The average molecular weight is 347 g/mol. The number of fused-ring (bicyclic) bond motifs is 1. The zero-order valence-electron chi connectivity index (χ0n) is 12.2. The van der Waals surface area contributed by atoms with E-state index >= 15 is 0 Å². The van der Waals surface area contributed by atoms with Crippen molar-refractivity contribution in [3.63, 3.8) is 0 Å². The molecule has 2 aromatic rings. The summed E-state index contributed by atoms with van der Waals surface area (Å²) in [5, 5.41) is 5.89. The SMILES string of the molecule is O=C(C[C@H]1Sc2ccccc2NC1=O)NCc1cccc(Cl)c1. The molecule has 6 heteroatoms. The Kier molecular flexibility index (Phi) is 4.88. The molecule has 2 N–H and O–H groups in total. The Labute approximate surface area is 143 Å². The van der Waals surface area contributed by atoms with Crippen molar-refractivity contribution in [1.29, 1.82) is 0 Å². The maximum atomic E-state index is 12.1. The van der Waals surface area contributed by atoms with Crippen molar-refractivity contribution in [2.24, 2.45) is 0 Å². The Morgan fingerprint density at radius 2 is 2.04 bits per heavy atom. The topological polar surface area (TPSA) is 58.2 Å². The number of hydrogen-bond donors (Lipinski definition) is 2. The molecule has 0 saturated carbocycles.